The summed E-state index contributed by atoms with van der Waals surface area (Å²) in [5.41, 5.74) is 2.13. The van der Waals surface area contributed by atoms with Crippen molar-refractivity contribution in [1.82, 2.24) is 4.98 Å². The van der Waals surface area contributed by atoms with Crippen LogP contribution >= 0.6 is 11.3 Å². The van der Waals surface area contributed by atoms with Crippen molar-refractivity contribution in [3.63, 3.8) is 0 Å². The Hall–Kier alpha value is -2.93. The zero-order valence-corrected chi connectivity index (χ0v) is 15.0. The van der Waals surface area contributed by atoms with Crippen molar-refractivity contribution in [2.24, 2.45) is 0 Å². The van der Waals surface area contributed by atoms with E-state index in [0.717, 1.165) is 21.6 Å². The summed E-state index contributed by atoms with van der Waals surface area (Å²) in [4.78, 5) is 27.3. The van der Waals surface area contributed by atoms with Crippen LogP contribution in [-0.2, 0) is 9.59 Å². The van der Waals surface area contributed by atoms with Gasteiger partial charge < -0.3 is 15.2 Å². The number of para-hydroxylation sites is 1. The van der Waals surface area contributed by atoms with Gasteiger partial charge in [-0.1, -0.05) is 19.1 Å². The topological polar surface area (TPSA) is 88.5 Å². The summed E-state index contributed by atoms with van der Waals surface area (Å²) in [5.74, 6) is -0.786. The second kappa shape index (κ2) is 7.97. The first-order valence-corrected chi connectivity index (χ1v) is 9.03. The van der Waals surface area contributed by atoms with E-state index in [4.69, 9.17) is 9.84 Å². The van der Waals surface area contributed by atoms with Crippen molar-refractivity contribution in [2.75, 3.05) is 11.9 Å². The smallest absolute Gasteiger partial charge is 0.341 e. The van der Waals surface area contributed by atoms with Crippen LogP contribution in [0, 0.1) is 0 Å². The van der Waals surface area contributed by atoms with Gasteiger partial charge in [-0.2, -0.15) is 0 Å². The highest BCUT2D eigenvalue weighted by molar-refractivity contribution is 7.21. The highest BCUT2D eigenvalue weighted by Crippen LogP contribution is 2.37. The van der Waals surface area contributed by atoms with E-state index in [-0.39, 0.29) is 5.91 Å². The standard InChI is InChI=1S/C19H18N2O4S/c1-2-5-17(22)20-12-8-9-13(15(10-12)25-11-18(23)24)19-21-14-6-3-4-7-16(14)26-19/h3-4,6-10H,2,5,11H2,1H3,(H,20,22)(H,23,24). The molecule has 0 fully saturated rings. The predicted molar refractivity (Wildman–Crippen MR) is 102 cm³/mol. The third-order valence-corrected chi connectivity index (χ3v) is 4.69. The van der Waals surface area contributed by atoms with Gasteiger partial charge in [-0.25, -0.2) is 9.78 Å². The van der Waals surface area contributed by atoms with Crippen LogP contribution < -0.4 is 10.1 Å². The van der Waals surface area contributed by atoms with Gasteiger partial charge in [0.2, 0.25) is 5.91 Å². The zero-order valence-electron chi connectivity index (χ0n) is 14.2. The average molecular weight is 370 g/mol. The highest BCUT2D eigenvalue weighted by atomic mass is 32.1. The minimum atomic E-state index is -1.07. The van der Waals surface area contributed by atoms with E-state index < -0.39 is 12.6 Å². The number of anilines is 1. The molecule has 0 saturated heterocycles. The molecule has 0 atom stereocenters. The van der Waals surface area contributed by atoms with Gasteiger partial charge in [-0.15, -0.1) is 11.3 Å². The van der Waals surface area contributed by atoms with E-state index in [0.29, 0.717) is 23.4 Å². The molecular weight excluding hydrogens is 352 g/mol. The van der Waals surface area contributed by atoms with Gasteiger partial charge in [0.15, 0.2) is 6.61 Å². The Morgan fingerprint density at radius 2 is 2.04 bits per heavy atom. The van der Waals surface area contributed by atoms with Gasteiger partial charge in [-0.3, -0.25) is 4.79 Å². The molecule has 0 aliphatic carbocycles. The van der Waals surface area contributed by atoms with Crippen molar-refractivity contribution in [2.45, 2.75) is 19.8 Å². The van der Waals surface area contributed by atoms with Crippen molar-refractivity contribution in [3.8, 4) is 16.3 Å². The molecule has 1 amide bonds. The predicted octanol–water partition coefficient (Wildman–Crippen LogP) is 4.17. The highest BCUT2D eigenvalue weighted by Gasteiger charge is 2.14. The van der Waals surface area contributed by atoms with Gasteiger partial charge in [0.05, 0.1) is 15.8 Å². The molecule has 2 N–H and O–H groups in total. The van der Waals surface area contributed by atoms with Crippen LogP contribution in [0.5, 0.6) is 5.75 Å². The van der Waals surface area contributed by atoms with Crippen molar-refractivity contribution >= 4 is 39.1 Å². The summed E-state index contributed by atoms with van der Waals surface area (Å²) >= 11 is 1.50. The molecule has 6 nitrogen and oxygen atoms in total. The summed E-state index contributed by atoms with van der Waals surface area (Å²) < 4.78 is 6.48. The Balaban J connectivity index is 1.96. The second-order valence-corrected chi connectivity index (χ2v) is 6.71. The molecule has 26 heavy (non-hydrogen) atoms. The number of nitrogens with one attached hydrogen (secondary N) is 1. The summed E-state index contributed by atoms with van der Waals surface area (Å²) in [5, 5.41) is 12.5. The number of ether oxygens (including phenoxy) is 1. The molecular formula is C19H18N2O4S. The number of carbonyl (C=O) groups excluding carboxylic acids is 1. The third kappa shape index (κ3) is 4.18. The molecule has 0 radical (unpaired) electrons. The van der Waals surface area contributed by atoms with Crippen molar-refractivity contribution < 1.29 is 19.4 Å². The minimum Gasteiger partial charge on any atom is -0.481 e. The first-order chi connectivity index (χ1) is 12.6. The van der Waals surface area contributed by atoms with Crippen LogP contribution in [0.25, 0.3) is 20.8 Å². The number of carboxylic acids is 1. The molecule has 7 heteroatoms. The second-order valence-electron chi connectivity index (χ2n) is 5.68. The molecule has 0 saturated carbocycles. The first-order valence-electron chi connectivity index (χ1n) is 8.21. The van der Waals surface area contributed by atoms with Crippen LogP contribution in [-0.4, -0.2) is 28.6 Å². The summed E-state index contributed by atoms with van der Waals surface area (Å²) in [6.45, 7) is 1.46. The monoisotopic (exact) mass is 370 g/mol. The normalized spacial score (nSPS) is 10.7. The van der Waals surface area contributed by atoms with Crippen molar-refractivity contribution in [3.05, 3.63) is 42.5 Å². The minimum absolute atomic E-state index is 0.0931. The summed E-state index contributed by atoms with van der Waals surface area (Å²) in [6.07, 6.45) is 1.17. The molecule has 134 valence electrons. The Bertz CT molecular complexity index is 919. The van der Waals surface area contributed by atoms with Gasteiger partial charge in [0, 0.05) is 18.2 Å². The lowest BCUT2D eigenvalue weighted by Gasteiger charge is -2.11. The van der Waals surface area contributed by atoms with E-state index >= 15 is 0 Å². The lowest BCUT2D eigenvalue weighted by Crippen LogP contribution is -2.12. The quantitative estimate of drug-likeness (QED) is 0.652. The Morgan fingerprint density at radius 1 is 1.23 bits per heavy atom. The van der Waals surface area contributed by atoms with Crippen molar-refractivity contribution in [1.29, 1.82) is 0 Å². The number of hydrogen-bond donors (Lipinski definition) is 2. The van der Waals surface area contributed by atoms with E-state index in [2.05, 4.69) is 10.3 Å². The fraction of sp³-hybridized carbons (Fsp3) is 0.211. The molecule has 1 heterocycles. The van der Waals surface area contributed by atoms with Crippen LogP contribution in [0.1, 0.15) is 19.8 Å². The van der Waals surface area contributed by atoms with E-state index in [9.17, 15) is 9.59 Å². The van der Waals surface area contributed by atoms with Gasteiger partial charge in [0.1, 0.15) is 10.8 Å². The number of carboxylic acid groups (broad SMARTS) is 1. The number of nitrogens with zero attached hydrogens (tertiary/aromatic N) is 1. The Morgan fingerprint density at radius 3 is 2.77 bits per heavy atom. The van der Waals surface area contributed by atoms with Crippen LogP contribution in [0.4, 0.5) is 5.69 Å². The van der Waals surface area contributed by atoms with Crippen LogP contribution in [0.2, 0.25) is 0 Å². The number of hydrogen-bond acceptors (Lipinski definition) is 5. The molecule has 0 aliphatic rings. The maximum Gasteiger partial charge on any atom is 0.341 e. The molecule has 0 bridgehead atoms. The van der Waals surface area contributed by atoms with Crippen LogP contribution in [0.15, 0.2) is 42.5 Å². The average Bonchev–Trinajstić information content (AvgIpc) is 3.04. The number of aromatic nitrogens is 1. The molecule has 2 aromatic carbocycles. The van der Waals surface area contributed by atoms with E-state index in [1.807, 2.05) is 31.2 Å². The first kappa shape index (κ1) is 17.9. The molecule has 3 rings (SSSR count). The molecule has 0 unspecified atom stereocenters. The third-order valence-electron chi connectivity index (χ3n) is 3.62. The zero-order chi connectivity index (χ0) is 18.5. The number of benzene rings is 2. The lowest BCUT2D eigenvalue weighted by molar-refractivity contribution is -0.139. The largest absolute Gasteiger partial charge is 0.481 e. The summed E-state index contributed by atoms with van der Waals surface area (Å²) in [6, 6.07) is 13.0. The lowest BCUT2D eigenvalue weighted by atomic mass is 10.1. The maximum absolute atomic E-state index is 11.8. The van der Waals surface area contributed by atoms with Gasteiger partial charge in [-0.05, 0) is 30.7 Å². The number of rotatable bonds is 7. The molecule has 1 aromatic heterocycles. The van der Waals surface area contributed by atoms with E-state index in [1.54, 1.807) is 18.2 Å². The Labute approximate surface area is 154 Å². The number of fused-ring (bicyclic) bond motifs is 1. The van der Waals surface area contributed by atoms with E-state index in [1.165, 1.54) is 11.3 Å². The maximum atomic E-state index is 11.8. The fourth-order valence-electron chi connectivity index (χ4n) is 2.47. The van der Waals surface area contributed by atoms with Crippen LogP contribution in [0.3, 0.4) is 0 Å². The molecule has 3 aromatic rings. The fourth-order valence-corrected chi connectivity index (χ4v) is 3.47. The van der Waals surface area contributed by atoms with Gasteiger partial charge in [0.25, 0.3) is 0 Å². The number of carbonyl (C=O) groups is 2. The number of amides is 1. The SMILES string of the molecule is CCCC(=O)Nc1ccc(-c2nc3ccccc3s2)c(OCC(=O)O)c1. The Kier molecular flexibility index (Phi) is 5.48. The number of aliphatic carboxylic acids is 1. The molecule has 0 aliphatic heterocycles. The number of thiazole rings is 1. The molecule has 0 spiro atoms. The summed E-state index contributed by atoms with van der Waals surface area (Å²) in [7, 11) is 0. The van der Waals surface area contributed by atoms with Gasteiger partial charge >= 0.3 is 5.97 Å².